The number of amides is 1. The third kappa shape index (κ3) is 3.94. The highest BCUT2D eigenvalue weighted by Crippen LogP contribution is 2.17. The lowest BCUT2D eigenvalue weighted by atomic mass is 10.2. The van der Waals surface area contributed by atoms with Gasteiger partial charge in [-0.1, -0.05) is 12.1 Å². The van der Waals surface area contributed by atoms with E-state index in [0.29, 0.717) is 6.61 Å². The van der Waals surface area contributed by atoms with Crippen molar-refractivity contribution >= 4 is 11.6 Å². The first-order chi connectivity index (χ1) is 11.2. The monoisotopic (exact) mass is 308 g/mol. The molecule has 0 saturated carbocycles. The molecule has 1 aromatic heterocycles. The summed E-state index contributed by atoms with van der Waals surface area (Å²) >= 11 is 0. The van der Waals surface area contributed by atoms with Crippen molar-refractivity contribution in [3.05, 3.63) is 66.7 Å². The molecule has 1 heterocycles. The lowest BCUT2D eigenvalue weighted by Crippen LogP contribution is -2.06. The van der Waals surface area contributed by atoms with Crippen LogP contribution >= 0.6 is 0 Å². The van der Waals surface area contributed by atoms with Crippen LogP contribution < -0.4 is 10.1 Å². The molecule has 116 valence electrons. The van der Waals surface area contributed by atoms with Gasteiger partial charge in [0.1, 0.15) is 25.0 Å². The van der Waals surface area contributed by atoms with E-state index in [2.05, 4.69) is 15.4 Å². The number of hydrogen-bond acceptors (Lipinski definition) is 4. The van der Waals surface area contributed by atoms with Gasteiger partial charge in [0, 0.05) is 12.6 Å². The highest BCUT2D eigenvalue weighted by molar-refractivity contribution is 5.88. The predicted molar refractivity (Wildman–Crippen MR) is 86.4 cm³/mol. The number of nitrogens with zero attached hydrogens (tertiary/aromatic N) is 3. The Kier molecular flexibility index (Phi) is 4.33. The van der Waals surface area contributed by atoms with Gasteiger partial charge in [0.2, 0.25) is 5.91 Å². The molecule has 0 aliphatic rings. The molecule has 0 fully saturated rings. The van der Waals surface area contributed by atoms with Gasteiger partial charge < -0.3 is 10.1 Å². The van der Waals surface area contributed by atoms with Crippen molar-refractivity contribution in [2.45, 2.75) is 13.5 Å². The Balaban J connectivity index is 1.63. The summed E-state index contributed by atoms with van der Waals surface area (Å²) in [5, 5.41) is 6.83. The lowest BCUT2D eigenvalue weighted by molar-refractivity contribution is -0.114. The van der Waals surface area contributed by atoms with Crippen molar-refractivity contribution in [3.8, 4) is 11.4 Å². The fraction of sp³-hybridized carbons (Fsp3) is 0.118. The molecule has 23 heavy (non-hydrogen) atoms. The first kappa shape index (κ1) is 14.8. The smallest absolute Gasteiger partial charge is 0.221 e. The van der Waals surface area contributed by atoms with Crippen LogP contribution in [0.25, 0.3) is 5.69 Å². The van der Waals surface area contributed by atoms with Crippen LogP contribution in [0, 0.1) is 0 Å². The van der Waals surface area contributed by atoms with E-state index < -0.39 is 0 Å². The first-order valence-corrected chi connectivity index (χ1v) is 7.15. The Morgan fingerprint density at radius 3 is 2.74 bits per heavy atom. The van der Waals surface area contributed by atoms with Gasteiger partial charge in [0.25, 0.3) is 0 Å². The van der Waals surface area contributed by atoms with E-state index in [9.17, 15) is 4.79 Å². The maximum atomic E-state index is 11.1. The van der Waals surface area contributed by atoms with Crippen molar-refractivity contribution < 1.29 is 9.53 Å². The molecular formula is C17H16N4O2. The molecule has 3 aromatic rings. The van der Waals surface area contributed by atoms with Gasteiger partial charge in [0.15, 0.2) is 0 Å². The molecule has 0 aliphatic heterocycles. The number of nitrogens with one attached hydrogen (secondary N) is 1. The van der Waals surface area contributed by atoms with Crippen molar-refractivity contribution in [2.75, 3.05) is 5.32 Å². The largest absolute Gasteiger partial charge is 0.489 e. The number of benzene rings is 2. The fourth-order valence-electron chi connectivity index (χ4n) is 2.15. The molecular weight excluding hydrogens is 292 g/mol. The van der Waals surface area contributed by atoms with Gasteiger partial charge >= 0.3 is 0 Å². The van der Waals surface area contributed by atoms with E-state index in [1.807, 2.05) is 48.5 Å². The zero-order valence-corrected chi connectivity index (χ0v) is 12.6. The van der Waals surface area contributed by atoms with Crippen LogP contribution in [-0.2, 0) is 11.4 Å². The molecule has 3 rings (SSSR count). The van der Waals surface area contributed by atoms with Crippen LogP contribution in [0.1, 0.15) is 12.5 Å². The normalized spacial score (nSPS) is 10.3. The maximum Gasteiger partial charge on any atom is 0.221 e. The molecule has 1 amide bonds. The predicted octanol–water partition coefficient (Wildman–Crippen LogP) is 2.80. The average Bonchev–Trinajstić information content (AvgIpc) is 3.08. The number of carbonyl (C=O) groups is 1. The summed E-state index contributed by atoms with van der Waals surface area (Å²) in [4.78, 5) is 15.0. The maximum absolute atomic E-state index is 11.1. The highest BCUT2D eigenvalue weighted by Gasteiger charge is 2.01. The number of rotatable bonds is 5. The van der Waals surface area contributed by atoms with Crippen molar-refractivity contribution in [3.63, 3.8) is 0 Å². The van der Waals surface area contributed by atoms with E-state index >= 15 is 0 Å². The van der Waals surface area contributed by atoms with Gasteiger partial charge in [-0.15, -0.1) is 0 Å². The molecule has 6 heteroatoms. The van der Waals surface area contributed by atoms with Gasteiger partial charge in [-0.25, -0.2) is 9.67 Å². The quantitative estimate of drug-likeness (QED) is 0.787. The van der Waals surface area contributed by atoms with E-state index in [0.717, 1.165) is 22.7 Å². The zero-order chi connectivity index (χ0) is 16.1. The topological polar surface area (TPSA) is 69.0 Å². The van der Waals surface area contributed by atoms with Crippen LogP contribution in [0.2, 0.25) is 0 Å². The number of aromatic nitrogens is 3. The van der Waals surface area contributed by atoms with Gasteiger partial charge in [0.05, 0.1) is 5.69 Å². The molecule has 0 spiro atoms. The molecule has 2 aromatic carbocycles. The Labute approximate surface area is 133 Å². The van der Waals surface area contributed by atoms with Crippen molar-refractivity contribution in [1.29, 1.82) is 0 Å². The minimum absolute atomic E-state index is 0.0910. The van der Waals surface area contributed by atoms with E-state index in [-0.39, 0.29) is 5.91 Å². The molecule has 0 saturated heterocycles. The summed E-state index contributed by atoms with van der Waals surface area (Å²) in [5.74, 6) is 0.672. The van der Waals surface area contributed by atoms with Gasteiger partial charge in [-0.05, 0) is 42.0 Å². The molecule has 0 atom stereocenters. The van der Waals surface area contributed by atoms with E-state index in [4.69, 9.17) is 4.74 Å². The Morgan fingerprint density at radius 1 is 1.22 bits per heavy atom. The standard InChI is InChI=1S/C17H16N4O2/c1-13(22)20-15-4-2-3-14(9-15)10-23-17-7-5-16(6-8-17)21-12-18-11-19-21/h2-9,11-12H,10H2,1H3,(H,20,22). The Hall–Kier alpha value is -3.15. The second-order valence-electron chi connectivity index (χ2n) is 5.00. The van der Waals surface area contributed by atoms with Crippen LogP contribution in [-0.4, -0.2) is 20.7 Å². The second-order valence-corrected chi connectivity index (χ2v) is 5.00. The van der Waals surface area contributed by atoms with E-state index in [1.165, 1.54) is 13.3 Å². The SMILES string of the molecule is CC(=O)Nc1cccc(COc2ccc(-n3cncn3)cc2)c1. The van der Waals surface area contributed by atoms with Crippen molar-refractivity contribution in [2.24, 2.45) is 0 Å². The summed E-state index contributed by atoms with van der Waals surface area (Å²) in [7, 11) is 0. The molecule has 0 aliphatic carbocycles. The van der Waals surface area contributed by atoms with Crippen LogP contribution in [0.4, 0.5) is 5.69 Å². The summed E-state index contributed by atoms with van der Waals surface area (Å²) in [6, 6.07) is 15.2. The average molecular weight is 308 g/mol. The zero-order valence-electron chi connectivity index (χ0n) is 12.6. The molecule has 0 bridgehead atoms. The summed E-state index contributed by atoms with van der Waals surface area (Å²) in [6.07, 6.45) is 3.13. The number of carbonyl (C=O) groups excluding carboxylic acids is 1. The number of hydrogen-bond donors (Lipinski definition) is 1. The van der Waals surface area contributed by atoms with Gasteiger partial charge in [-0.2, -0.15) is 5.10 Å². The third-order valence-electron chi connectivity index (χ3n) is 3.17. The Morgan fingerprint density at radius 2 is 2.04 bits per heavy atom. The molecule has 0 unspecified atom stereocenters. The molecule has 6 nitrogen and oxygen atoms in total. The highest BCUT2D eigenvalue weighted by atomic mass is 16.5. The van der Waals surface area contributed by atoms with Crippen LogP contribution in [0.5, 0.6) is 5.75 Å². The lowest BCUT2D eigenvalue weighted by Gasteiger charge is -2.09. The van der Waals surface area contributed by atoms with Crippen molar-refractivity contribution in [1.82, 2.24) is 14.8 Å². The minimum atomic E-state index is -0.0910. The van der Waals surface area contributed by atoms with E-state index in [1.54, 1.807) is 11.0 Å². The summed E-state index contributed by atoms with van der Waals surface area (Å²) < 4.78 is 7.45. The summed E-state index contributed by atoms with van der Waals surface area (Å²) in [5.41, 5.74) is 2.67. The second kappa shape index (κ2) is 6.74. The molecule has 0 radical (unpaired) electrons. The van der Waals surface area contributed by atoms with Crippen LogP contribution in [0.15, 0.2) is 61.2 Å². The van der Waals surface area contributed by atoms with Gasteiger partial charge in [-0.3, -0.25) is 4.79 Å². The Bertz CT molecular complexity index is 783. The molecule has 1 N–H and O–H groups in total. The van der Waals surface area contributed by atoms with Crippen LogP contribution in [0.3, 0.4) is 0 Å². The first-order valence-electron chi connectivity index (χ1n) is 7.15. The third-order valence-corrected chi connectivity index (χ3v) is 3.17. The minimum Gasteiger partial charge on any atom is -0.489 e. The fourth-order valence-corrected chi connectivity index (χ4v) is 2.15. The number of ether oxygens (including phenoxy) is 1. The summed E-state index contributed by atoms with van der Waals surface area (Å²) in [6.45, 7) is 1.91. The number of anilines is 1.